The van der Waals surface area contributed by atoms with E-state index < -0.39 is 5.54 Å². The average molecular weight is 279 g/mol. The summed E-state index contributed by atoms with van der Waals surface area (Å²) in [6.07, 6.45) is 1.65. The third-order valence-corrected chi connectivity index (χ3v) is 4.34. The third-order valence-electron chi connectivity index (χ3n) is 4.01. The van der Waals surface area contributed by atoms with E-state index in [0.717, 1.165) is 12.3 Å². The number of amides is 1. The van der Waals surface area contributed by atoms with Gasteiger partial charge in [0, 0.05) is 19.6 Å². The Morgan fingerprint density at radius 3 is 3.00 bits per heavy atom. The van der Waals surface area contributed by atoms with Gasteiger partial charge in [0.25, 0.3) is 5.91 Å². The maximum absolute atomic E-state index is 12.7. The molecule has 1 amide bonds. The smallest absolute Gasteiger partial charge is 0.256 e. The molecular formula is C13H17N3O2S. The fraction of sp³-hybridized carbons (Fsp3) is 0.538. The van der Waals surface area contributed by atoms with Crippen LogP contribution in [0.4, 0.5) is 0 Å². The van der Waals surface area contributed by atoms with Crippen molar-refractivity contribution in [1.82, 2.24) is 15.1 Å². The van der Waals surface area contributed by atoms with Crippen LogP contribution in [0, 0.1) is 0 Å². The molecule has 3 rings (SSSR count). The summed E-state index contributed by atoms with van der Waals surface area (Å²) in [6.45, 7) is 3.97. The second kappa shape index (κ2) is 4.31. The van der Waals surface area contributed by atoms with Crippen LogP contribution in [0.1, 0.15) is 18.6 Å². The fourth-order valence-electron chi connectivity index (χ4n) is 3.17. The molecule has 3 heterocycles. The van der Waals surface area contributed by atoms with Gasteiger partial charge in [-0.25, -0.2) is 0 Å². The Hall–Kier alpha value is -1.40. The molecule has 2 atom stereocenters. The topological polar surface area (TPSA) is 48.7 Å². The quantitative estimate of drug-likeness (QED) is 0.811. The number of nitrogens with one attached hydrogen (secondary N) is 1. The number of rotatable bonds is 2. The van der Waals surface area contributed by atoms with Gasteiger partial charge in [-0.05, 0) is 38.3 Å². The number of furan rings is 1. The van der Waals surface area contributed by atoms with Gasteiger partial charge in [0.05, 0.1) is 12.2 Å². The molecule has 0 aliphatic carbocycles. The largest absolute Gasteiger partial charge is 0.469 e. The van der Waals surface area contributed by atoms with Gasteiger partial charge < -0.3 is 14.6 Å². The van der Waals surface area contributed by atoms with Crippen molar-refractivity contribution in [3.05, 3.63) is 24.2 Å². The van der Waals surface area contributed by atoms with Gasteiger partial charge in [-0.15, -0.1) is 0 Å². The Morgan fingerprint density at radius 2 is 2.42 bits per heavy atom. The molecule has 0 aromatic carbocycles. The van der Waals surface area contributed by atoms with Crippen LogP contribution in [0.5, 0.6) is 0 Å². The molecular weight excluding hydrogens is 262 g/mol. The van der Waals surface area contributed by atoms with E-state index in [1.54, 1.807) is 11.2 Å². The van der Waals surface area contributed by atoms with Crippen LogP contribution in [0.3, 0.4) is 0 Å². The van der Waals surface area contributed by atoms with Crippen LogP contribution in [0.15, 0.2) is 22.8 Å². The van der Waals surface area contributed by atoms with Gasteiger partial charge in [-0.3, -0.25) is 9.69 Å². The molecule has 1 aromatic rings. The summed E-state index contributed by atoms with van der Waals surface area (Å²) in [5, 5.41) is 3.78. The minimum atomic E-state index is -0.667. The Labute approximate surface area is 117 Å². The van der Waals surface area contributed by atoms with E-state index in [9.17, 15) is 4.79 Å². The predicted octanol–water partition coefficient (Wildman–Crippen LogP) is 0.784. The minimum absolute atomic E-state index is 0.00509. The van der Waals surface area contributed by atoms with E-state index in [0.29, 0.717) is 18.2 Å². The van der Waals surface area contributed by atoms with E-state index in [4.69, 9.17) is 16.6 Å². The molecule has 1 aromatic heterocycles. The number of thiocarbonyl (C=S) groups is 1. The van der Waals surface area contributed by atoms with Gasteiger partial charge in [0.1, 0.15) is 11.3 Å². The number of hydrogen-bond donors (Lipinski definition) is 1. The van der Waals surface area contributed by atoms with Gasteiger partial charge in [-0.2, -0.15) is 0 Å². The van der Waals surface area contributed by atoms with Crippen LogP contribution < -0.4 is 5.32 Å². The monoisotopic (exact) mass is 279 g/mol. The first-order valence-corrected chi connectivity index (χ1v) is 6.85. The lowest BCUT2D eigenvalue weighted by Crippen LogP contribution is -2.52. The highest BCUT2D eigenvalue weighted by molar-refractivity contribution is 7.80. The first-order chi connectivity index (χ1) is 9.08. The number of hydrogen-bond acceptors (Lipinski definition) is 4. The van der Waals surface area contributed by atoms with Crippen LogP contribution in [0.25, 0.3) is 0 Å². The molecule has 5 nitrogen and oxygen atoms in total. The number of carbonyl (C=O) groups is 1. The van der Waals surface area contributed by atoms with Crippen molar-refractivity contribution in [3.63, 3.8) is 0 Å². The molecule has 2 saturated heterocycles. The molecule has 2 fully saturated rings. The van der Waals surface area contributed by atoms with Gasteiger partial charge in [-0.1, -0.05) is 0 Å². The molecule has 0 radical (unpaired) electrons. The van der Waals surface area contributed by atoms with Gasteiger partial charge >= 0.3 is 0 Å². The van der Waals surface area contributed by atoms with E-state index in [2.05, 4.69) is 10.2 Å². The molecule has 19 heavy (non-hydrogen) atoms. The SMILES string of the molecule is CCN1C(=O)[C@@]2(CN(C)C[C@H]2c2ccco2)NC1=S. The molecule has 2 aliphatic rings. The lowest BCUT2D eigenvalue weighted by molar-refractivity contribution is -0.131. The average Bonchev–Trinajstić information content (AvgIpc) is 3.02. The number of nitrogens with zero attached hydrogens (tertiary/aromatic N) is 2. The standard InChI is InChI=1S/C13H17N3O2S/c1-3-16-11(17)13(14-12(16)19)8-15(2)7-9(13)10-5-4-6-18-10/h4-6,9H,3,7-8H2,1-2H3,(H,14,19)/t9-,13-/m0/s1. The zero-order valence-corrected chi connectivity index (χ0v) is 11.9. The van der Waals surface area contributed by atoms with Crippen molar-refractivity contribution in [2.75, 3.05) is 26.7 Å². The third kappa shape index (κ3) is 1.70. The summed E-state index contributed by atoms with van der Waals surface area (Å²) in [5.41, 5.74) is -0.667. The second-order valence-electron chi connectivity index (χ2n) is 5.22. The fourth-order valence-corrected chi connectivity index (χ4v) is 3.56. The van der Waals surface area contributed by atoms with Gasteiger partial charge in [0.15, 0.2) is 5.11 Å². The Balaban J connectivity index is 2.02. The molecule has 0 unspecified atom stereocenters. The summed E-state index contributed by atoms with van der Waals surface area (Å²) in [5.74, 6) is 0.895. The molecule has 6 heteroatoms. The normalized spacial score (nSPS) is 31.5. The van der Waals surface area contributed by atoms with Crippen LogP contribution >= 0.6 is 12.2 Å². The van der Waals surface area contributed by atoms with Crippen molar-refractivity contribution < 1.29 is 9.21 Å². The molecule has 0 saturated carbocycles. The second-order valence-corrected chi connectivity index (χ2v) is 5.60. The van der Waals surface area contributed by atoms with Gasteiger partial charge in [0.2, 0.25) is 0 Å². The lowest BCUT2D eigenvalue weighted by atomic mass is 9.85. The molecule has 0 bridgehead atoms. The van der Waals surface area contributed by atoms with Crippen molar-refractivity contribution in [3.8, 4) is 0 Å². The van der Waals surface area contributed by atoms with E-state index in [-0.39, 0.29) is 11.8 Å². The van der Waals surface area contributed by atoms with Crippen molar-refractivity contribution >= 4 is 23.2 Å². The zero-order chi connectivity index (χ0) is 13.6. The maximum atomic E-state index is 12.7. The molecule has 2 aliphatic heterocycles. The summed E-state index contributed by atoms with van der Waals surface area (Å²) in [7, 11) is 2.01. The Bertz CT molecular complexity index is 516. The maximum Gasteiger partial charge on any atom is 0.256 e. The highest BCUT2D eigenvalue weighted by Crippen LogP contribution is 2.39. The lowest BCUT2D eigenvalue weighted by Gasteiger charge is -2.26. The van der Waals surface area contributed by atoms with Crippen LogP contribution in [-0.2, 0) is 4.79 Å². The molecule has 1 spiro atoms. The van der Waals surface area contributed by atoms with Crippen LogP contribution in [0.2, 0.25) is 0 Å². The van der Waals surface area contributed by atoms with E-state index in [1.165, 1.54) is 0 Å². The summed E-state index contributed by atoms with van der Waals surface area (Å²) < 4.78 is 5.52. The van der Waals surface area contributed by atoms with E-state index in [1.807, 2.05) is 26.1 Å². The number of likely N-dealkylation sites (N-methyl/N-ethyl adjacent to an activating group) is 2. The van der Waals surface area contributed by atoms with Crippen LogP contribution in [-0.4, -0.2) is 53.0 Å². The van der Waals surface area contributed by atoms with Crippen molar-refractivity contribution in [2.24, 2.45) is 0 Å². The predicted molar refractivity (Wildman–Crippen MR) is 74.8 cm³/mol. The Kier molecular flexibility index (Phi) is 2.87. The van der Waals surface area contributed by atoms with Crippen molar-refractivity contribution in [1.29, 1.82) is 0 Å². The molecule has 1 N–H and O–H groups in total. The highest BCUT2D eigenvalue weighted by Gasteiger charge is 2.59. The molecule has 102 valence electrons. The highest BCUT2D eigenvalue weighted by atomic mass is 32.1. The van der Waals surface area contributed by atoms with E-state index >= 15 is 0 Å². The number of carbonyl (C=O) groups excluding carboxylic acids is 1. The first kappa shape index (κ1) is 12.6. The zero-order valence-electron chi connectivity index (χ0n) is 11.0. The first-order valence-electron chi connectivity index (χ1n) is 6.44. The minimum Gasteiger partial charge on any atom is -0.469 e. The summed E-state index contributed by atoms with van der Waals surface area (Å²) >= 11 is 5.29. The number of likely N-dealkylation sites (tertiary alicyclic amines) is 1. The summed E-state index contributed by atoms with van der Waals surface area (Å²) in [4.78, 5) is 16.5. The Morgan fingerprint density at radius 1 is 1.63 bits per heavy atom. The van der Waals surface area contributed by atoms with Crippen molar-refractivity contribution in [2.45, 2.75) is 18.4 Å². The summed E-state index contributed by atoms with van der Waals surface area (Å²) in [6, 6.07) is 3.79.